The fourth-order valence-corrected chi connectivity index (χ4v) is 4.69. The Balaban J connectivity index is 2.00. The SMILES string of the molecule is Cc1c(C(C)C)c(I)nn1-c1cc2cn(C)nc2nc1C1(C)CC1. The van der Waals surface area contributed by atoms with Gasteiger partial charge in [-0.15, -0.1) is 0 Å². The topological polar surface area (TPSA) is 48.5 Å². The van der Waals surface area contributed by atoms with E-state index in [0.29, 0.717) is 5.92 Å². The van der Waals surface area contributed by atoms with Crippen molar-refractivity contribution in [3.8, 4) is 5.69 Å². The largest absolute Gasteiger partial charge is 0.273 e. The van der Waals surface area contributed by atoms with E-state index in [1.165, 1.54) is 24.1 Å². The second kappa shape index (κ2) is 5.28. The summed E-state index contributed by atoms with van der Waals surface area (Å²) in [5.41, 5.74) is 5.76. The lowest BCUT2D eigenvalue weighted by molar-refractivity contribution is 0.715. The molecule has 1 saturated carbocycles. The van der Waals surface area contributed by atoms with Crippen molar-refractivity contribution in [3.05, 3.63) is 32.9 Å². The Bertz CT molecular complexity index is 946. The van der Waals surface area contributed by atoms with Crippen LogP contribution in [0.15, 0.2) is 12.3 Å². The van der Waals surface area contributed by atoms with Gasteiger partial charge in [0.25, 0.3) is 0 Å². The van der Waals surface area contributed by atoms with Crippen LogP contribution in [-0.4, -0.2) is 24.5 Å². The average molecular weight is 435 g/mol. The minimum Gasteiger partial charge on any atom is -0.273 e. The molecule has 126 valence electrons. The highest BCUT2D eigenvalue weighted by Crippen LogP contribution is 2.49. The Morgan fingerprint density at radius 2 is 1.96 bits per heavy atom. The molecule has 3 aromatic heterocycles. The zero-order valence-corrected chi connectivity index (χ0v) is 16.9. The number of nitrogens with zero attached hydrogens (tertiary/aromatic N) is 5. The van der Waals surface area contributed by atoms with E-state index < -0.39 is 0 Å². The van der Waals surface area contributed by atoms with Gasteiger partial charge in [-0.25, -0.2) is 9.67 Å². The number of rotatable bonds is 3. The number of aryl methyl sites for hydroxylation is 1. The van der Waals surface area contributed by atoms with Gasteiger partial charge >= 0.3 is 0 Å². The first-order valence-corrected chi connectivity index (χ1v) is 9.48. The first-order valence-electron chi connectivity index (χ1n) is 8.40. The van der Waals surface area contributed by atoms with Gasteiger partial charge in [0.1, 0.15) is 3.70 Å². The maximum atomic E-state index is 4.94. The van der Waals surface area contributed by atoms with Gasteiger partial charge in [0.15, 0.2) is 5.65 Å². The van der Waals surface area contributed by atoms with Crippen LogP contribution in [0.25, 0.3) is 16.7 Å². The fourth-order valence-electron chi connectivity index (χ4n) is 3.46. The van der Waals surface area contributed by atoms with Crippen LogP contribution in [0, 0.1) is 10.6 Å². The number of pyridine rings is 1. The lowest BCUT2D eigenvalue weighted by atomic mass is 10.0. The van der Waals surface area contributed by atoms with Gasteiger partial charge in [-0.1, -0.05) is 20.8 Å². The van der Waals surface area contributed by atoms with Crippen LogP contribution in [0.5, 0.6) is 0 Å². The third kappa shape index (κ3) is 2.37. The minimum atomic E-state index is 0.156. The second-order valence-electron chi connectivity index (χ2n) is 7.49. The van der Waals surface area contributed by atoms with E-state index >= 15 is 0 Å². The number of hydrogen-bond acceptors (Lipinski definition) is 3. The van der Waals surface area contributed by atoms with E-state index in [4.69, 9.17) is 10.1 Å². The molecule has 4 rings (SSSR count). The van der Waals surface area contributed by atoms with Gasteiger partial charge in [0.2, 0.25) is 0 Å². The summed E-state index contributed by atoms with van der Waals surface area (Å²) in [5, 5.41) is 10.4. The highest BCUT2D eigenvalue weighted by atomic mass is 127. The minimum absolute atomic E-state index is 0.156. The van der Waals surface area contributed by atoms with Crippen molar-refractivity contribution in [1.82, 2.24) is 24.5 Å². The van der Waals surface area contributed by atoms with Crippen LogP contribution >= 0.6 is 22.6 Å². The summed E-state index contributed by atoms with van der Waals surface area (Å²) in [7, 11) is 1.94. The first kappa shape index (κ1) is 16.1. The van der Waals surface area contributed by atoms with E-state index in [1.54, 1.807) is 0 Å². The first-order chi connectivity index (χ1) is 11.3. The zero-order chi connectivity index (χ0) is 17.2. The molecule has 0 unspecified atom stereocenters. The van der Waals surface area contributed by atoms with Crippen molar-refractivity contribution in [1.29, 1.82) is 0 Å². The lowest BCUT2D eigenvalue weighted by Crippen LogP contribution is -2.12. The maximum absolute atomic E-state index is 4.94. The fraction of sp³-hybridized carbons (Fsp3) is 0.500. The Morgan fingerprint density at radius 3 is 2.54 bits per heavy atom. The van der Waals surface area contributed by atoms with Crippen molar-refractivity contribution >= 4 is 33.6 Å². The number of aromatic nitrogens is 5. The van der Waals surface area contributed by atoms with Crippen molar-refractivity contribution in [2.75, 3.05) is 0 Å². The molecule has 1 aliphatic rings. The number of hydrogen-bond donors (Lipinski definition) is 0. The Morgan fingerprint density at radius 1 is 1.25 bits per heavy atom. The number of fused-ring (bicyclic) bond motifs is 1. The monoisotopic (exact) mass is 435 g/mol. The van der Waals surface area contributed by atoms with Gasteiger partial charge in [-0.05, 0) is 54.3 Å². The molecule has 3 aromatic rings. The highest BCUT2D eigenvalue weighted by Gasteiger charge is 2.43. The quantitative estimate of drug-likeness (QED) is 0.579. The lowest BCUT2D eigenvalue weighted by Gasteiger charge is -2.15. The summed E-state index contributed by atoms with van der Waals surface area (Å²) in [6.45, 7) is 8.90. The van der Waals surface area contributed by atoms with Crippen LogP contribution in [0.3, 0.4) is 0 Å². The molecular formula is C18H22IN5. The molecule has 0 spiro atoms. The Kier molecular flexibility index (Phi) is 3.53. The molecule has 5 nitrogen and oxygen atoms in total. The molecule has 6 heteroatoms. The molecule has 0 radical (unpaired) electrons. The molecule has 0 saturated heterocycles. The molecule has 0 amide bonds. The summed E-state index contributed by atoms with van der Waals surface area (Å²) in [6, 6.07) is 2.20. The molecule has 0 atom stereocenters. The van der Waals surface area contributed by atoms with Crippen molar-refractivity contribution in [3.63, 3.8) is 0 Å². The van der Waals surface area contributed by atoms with Crippen LogP contribution in [-0.2, 0) is 12.5 Å². The molecule has 24 heavy (non-hydrogen) atoms. The molecule has 1 aliphatic carbocycles. The molecule has 3 heterocycles. The van der Waals surface area contributed by atoms with Gasteiger partial charge in [-0.3, -0.25) is 4.68 Å². The Hall–Kier alpha value is -1.44. The van der Waals surface area contributed by atoms with Gasteiger partial charge in [-0.2, -0.15) is 10.2 Å². The zero-order valence-electron chi connectivity index (χ0n) is 14.8. The van der Waals surface area contributed by atoms with E-state index in [2.05, 4.69) is 66.1 Å². The van der Waals surface area contributed by atoms with Crippen LogP contribution in [0.4, 0.5) is 0 Å². The van der Waals surface area contributed by atoms with Crippen LogP contribution < -0.4 is 0 Å². The summed E-state index contributed by atoms with van der Waals surface area (Å²) < 4.78 is 5.01. The van der Waals surface area contributed by atoms with E-state index in [1.807, 2.05) is 17.9 Å². The summed E-state index contributed by atoms with van der Waals surface area (Å²) >= 11 is 2.35. The molecule has 0 aromatic carbocycles. The predicted octanol–water partition coefficient (Wildman–Crippen LogP) is 4.24. The van der Waals surface area contributed by atoms with Gasteiger partial charge in [0.05, 0.1) is 11.4 Å². The third-order valence-electron chi connectivity index (χ3n) is 5.08. The van der Waals surface area contributed by atoms with E-state index in [0.717, 1.165) is 26.1 Å². The van der Waals surface area contributed by atoms with Crippen molar-refractivity contribution < 1.29 is 0 Å². The number of halogens is 1. The molecule has 0 aliphatic heterocycles. The van der Waals surface area contributed by atoms with Crippen molar-refractivity contribution in [2.24, 2.45) is 7.05 Å². The normalized spacial score (nSPS) is 16.3. The second-order valence-corrected chi connectivity index (χ2v) is 8.51. The smallest absolute Gasteiger partial charge is 0.181 e. The summed E-state index contributed by atoms with van der Waals surface area (Å²) in [5.74, 6) is 0.459. The van der Waals surface area contributed by atoms with Gasteiger partial charge in [0, 0.05) is 35.3 Å². The van der Waals surface area contributed by atoms with E-state index in [9.17, 15) is 0 Å². The molecule has 0 N–H and O–H groups in total. The summed E-state index contributed by atoms with van der Waals surface area (Å²) in [4.78, 5) is 4.94. The highest BCUT2D eigenvalue weighted by molar-refractivity contribution is 14.1. The molecule has 0 bridgehead atoms. The van der Waals surface area contributed by atoms with Crippen LogP contribution in [0.2, 0.25) is 0 Å². The van der Waals surface area contributed by atoms with E-state index in [-0.39, 0.29) is 5.41 Å². The van der Waals surface area contributed by atoms with Gasteiger partial charge < -0.3 is 0 Å². The predicted molar refractivity (Wildman–Crippen MR) is 104 cm³/mol. The van der Waals surface area contributed by atoms with Crippen molar-refractivity contribution in [2.45, 2.75) is 51.9 Å². The third-order valence-corrected chi connectivity index (χ3v) is 5.88. The average Bonchev–Trinajstić information content (AvgIpc) is 3.01. The summed E-state index contributed by atoms with van der Waals surface area (Å²) in [6.07, 6.45) is 4.39. The maximum Gasteiger partial charge on any atom is 0.181 e. The van der Waals surface area contributed by atoms with Crippen LogP contribution in [0.1, 0.15) is 56.5 Å². The Labute approximate surface area is 155 Å². The molecule has 1 fully saturated rings. The molecular weight excluding hydrogens is 413 g/mol. The standard InChI is InChI=1S/C18H22IN5/c1-10(2)14-11(3)24(21-16(14)19)13-8-12-9-23(5)22-17(12)20-15(13)18(4)6-7-18/h8-10H,6-7H2,1-5H3.